The van der Waals surface area contributed by atoms with Gasteiger partial charge >= 0.3 is 17.8 Å². The van der Waals surface area contributed by atoms with Crippen LogP contribution in [-0.2, 0) is 6.54 Å². The Morgan fingerprint density at radius 2 is 1.14 bits per heavy atom. The highest BCUT2D eigenvalue weighted by Gasteiger charge is 2.74. The molecule has 9 heteroatoms. The maximum atomic E-state index is 13.7. The van der Waals surface area contributed by atoms with Crippen LogP contribution >= 0.6 is 0 Å². The van der Waals surface area contributed by atoms with Gasteiger partial charge in [0, 0.05) is 5.69 Å². The van der Waals surface area contributed by atoms with Crippen LogP contribution in [0.2, 0.25) is 0 Å². The van der Waals surface area contributed by atoms with E-state index in [1.54, 1.807) is 12.1 Å². The fourth-order valence-electron chi connectivity index (χ4n) is 4.83. The van der Waals surface area contributed by atoms with Crippen LogP contribution in [0, 0.1) is 0 Å². The van der Waals surface area contributed by atoms with Crippen LogP contribution in [0.3, 0.4) is 0 Å². The number of unbranched alkanes of at least 4 members (excludes halogenated alkanes) is 11. The SMILES string of the molecule is CCCCCCCCCCCCCC[n+]1ccn(-c2ccc(N3CC(F)(F)C(F)(F)C(F)(F)C3)cc2)c1. The highest BCUT2D eigenvalue weighted by atomic mass is 19.3. The molecule has 208 valence electrons. The number of piperidine rings is 1. The van der Waals surface area contributed by atoms with Crippen molar-refractivity contribution in [2.45, 2.75) is 108 Å². The fourth-order valence-corrected chi connectivity index (χ4v) is 4.83. The van der Waals surface area contributed by atoms with Crippen molar-refractivity contribution in [2.24, 2.45) is 0 Å². The van der Waals surface area contributed by atoms with Gasteiger partial charge in [-0.1, -0.05) is 71.1 Å². The summed E-state index contributed by atoms with van der Waals surface area (Å²) in [5.74, 6) is -15.0. The lowest BCUT2D eigenvalue weighted by Gasteiger charge is -2.43. The van der Waals surface area contributed by atoms with E-state index in [-0.39, 0.29) is 5.69 Å². The predicted molar refractivity (Wildman–Crippen MR) is 134 cm³/mol. The minimum Gasteiger partial charge on any atom is -0.359 e. The molecule has 0 N–H and O–H groups in total. The van der Waals surface area contributed by atoms with Crippen molar-refractivity contribution in [3.05, 3.63) is 43.0 Å². The zero-order valence-electron chi connectivity index (χ0n) is 21.8. The molecule has 1 aliphatic rings. The predicted octanol–water partition coefficient (Wildman–Crippen LogP) is 8.19. The van der Waals surface area contributed by atoms with E-state index < -0.39 is 30.9 Å². The van der Waals surface area contributed by atoms with Crippen molar-refractivity contribution >= 4 is 5.69 Å². The molecule has 0 amide bonds. The van der Waals surface area contributed by atoms with Gasteiger partial charge in [-0.25, -0.2) is 9.13 Å². The van der Waals surface area contributed by atoms with Gasteiger partial charge in [-0.2, -0.15) is 26.3 Å². The maximum absolute atomic E-state index is 13.7. The second-order valence-electron chi connectivity index (χ2n) is 10.3. The van der Waals surface area contributed by atoms with E-state index in [0.717, 1.165) is 18.7 Å². The van der Waals surface area contributed by atoms with Gasteiger partial charge in [-0.05, 0) is 37.1 Å². The third-order valence-corrected chi connectivity index (χ3v) is 7.17. The summed E-state index contributed by atoms with van der Waals surface area (Å²) in [6, 6.07) is 6.01. The van der Waals surface area contributed by atoms with Crippen molar-refractivity contribution < 1.29 is 30.9 Å². The lowest BCUT2D eigenvalue weighted by atomic mass is 9.98. The number of rotatable bonds is 15. The van der Waals surface area contributed by atoms with Gasteiger partial charge in [0.15, 0.2) is 0 Å². The Bertz CT molecular complexity index is 922. The number of alkyl halides is 6. The average Bonchev–Trinajstić information content (AvgIpc) is 3.32. The van der Waals surface area contributed by atoms with Crippen LogP contribution in [0.4, 0.5) is 32.0 Å². The molecule has 1 fully saturated rings. The van der Waals surface area contributed by atoms with Crippen molar-refractivity contribution in [2.75, 3.05) is 18.0 Å². The molecule has 0 spiro atoms. The highest BCUT2D eigenvalue weighted by molar-refractivity contribution is 5.52. The van der Waals surface area contributed by atoms with Gasteiger partial charge in [0.05, 0.1) is 19.6 Å². The van der Waals surface area contributed by atoms with E-state index in [1.165, 1.54) is 82.8 Å². The quantitative estimate of drug-likeness (QED) is 0.128. The van der Waals surface area contributed by atoms with Crippen LogP contribution in [0.5, 0.6) is 0 Å². The molecule has 3 nitrogen and oxygen atoms in total. The molecule has 0 unspecified atom stereocenters. The van der Waals surface area contributed by atoms with Crippen molar-refractivity contribution in [1.82, 2.24) is 4.57 Å². The van der Waals surface area contributed by atoms with Gasteiger partial charge in [0.2, 0.25) is 6.33 Å². The first kappa shape index (κ1) is 29.4. The normalized spacial score (nSPS) is 18.3. The lowest BCUT2D eigenvalue weighted by Crippen LogP contribution is -2.67. The molecule has 2 aromatic rings. The summed E-state index contributed by atoms with van der Waals surface area (Å²) in [7, 11) is 0. The number of anilines is 1. The molecular weight excluding hydrogens is 492 g/mol. The Morgan fingerprint density at radius 1 is 0.676 bits per heavy atom. The Kier molecular flexibility index (Phi) is 10.4. The fraction of sp³-hybridized carbons (Fsp3) is 0.679. The average molecular weight is 533 g/mol. The first-order valence-electron chi connectivity index (χ1n) is 13.6. The largest absolute Gasteiger partial charge is 0.375 e. The number of imidazole rings is 1. The third-order valence-electron chi connectivity index (χ3n) is 7.17. The van der Waals surface area contributed by atoms with Crippen LogP contribution in [0.25, 0.3) is 5.69 Å². The molecule has 2 heterocycles. The monoisotopic (exact) mass is 532 g/mol. The number of hydrogen-bond donors (Lipinski definition) is 0. The van der Waals surface area contributed by atoms with Gasteiger partial charge in [-0.3, -0.25) is 0 Å². The van der Waals surface area contributed by atoms with Crippen LogP contribution < -0.4 is 9.47 Å². The number of benzene rings is 1. The summed E-state index contributed by atoms with van der Waals surface area (Å²) >= 11 is 0. The van der Waals surface area contributed by atoms with Crippen LogP contribution in [-0.4, -0.2) is 35.4 Å². The molecule has 3 rings (SSSR count). The second kappa shape index (κ2) is 13.1. The van der Waals surface area contributed by atoms with E-state index in [2.05, 4.69) is 11.5 Å². The molecule has 1 aromatic heterocycles. The topological polar surface area (TPSA) is 12.0 Å². The second-order valence-corrected chi connectivity index (χ2v) is 10.3. The summed E-state index contributed by atoms with van der Waals surface area (Å²) in [4.78, 5) is 0.616. The number of aryl methyl sites for hydroxylation is 1. The Hall–Kier alpha value is -2.19. The molecule has 0 aliphatic carbocycles. The third kappa shape index (κ3) is 7.66. The Labute approximate surface area is 216 Å². The first-order chi connectivity index (χ1) is 17.6. The highest BCUT2D eigenvalue weighted by Crippen LogP contribution is 2.50. The molecule has 0 atom stereocenters. The number of halogens is 6. The molecule has 0 radical (unpaired) electrons. The van der Waals surface area contributed by atoms with Gasteiger partial charge < -0.3 is 4.90 Å². The number of nitrogens with zero attached hydrogens (tertiary/aromatic N) is 3. The van der Waals surface area contributed by atoms with E-state index in [1.807, 2.05) is 23.3 Å². The maximum Gasteiger partial charge on any atom is 0.375 e. The first-order valence-corrected chi connectivity index (χ1v) is 13.6. The van der Waals surface area contributed by atoms with E-state index in [0.29, 0.717) is 4.90 Å². The van der Waals surface area contributed by atoms with Gasteiger partial charge in [0.1, 0.15) is 18.1 Å². The van der Waals surface area contributed by atoms with Gasteiger partial charge in [0.25, 0.3) is 0 Å². The molecule has 1 aliphatic heterocycles. The summed E-state index contributed by atoms with van der Waals surface area (Å²) in [5, 5.41) is 0. The standard InChI is InChI=1S/C28H40F6N3/c1-2-3-4-5-6-7-8-9-10-11-12-13-18-35-19-20-36(23-35)24-14-16-25(17-15-24)37-21-26(29,30)28(33,34)27(31,32)22-37/h14-17,19-20,23H,2-13,18,21-22H2,1H3/q+1. The molecule has 1 aromatic carbocycles. The van der Waals surface area contributed by atoms with Crippen LogP contribution in [0.1, 0.15) is 84.0 Å². The molecule has 1 saturated heterocycles. The van der Waals surface area contributed by atoms with Crippen LogP contribution in [0.15, 0.2) is 43.0 Å². The van der Waals surface area contributed by atoms with E-state index in [4.69, 9.17) is 0 Å². The van der Waals surface area contributed by atoms with Crippen molar-refractivity contribution in [3.63, 3.8) is 0 Å². The molecular formula is C28H40F6N3+. The Morgan fingerprint density at radius 3 is 1.65 bits per heavy atom. The number of hydrogen-bond acceptors (Lipinski definition) is 1. The summed E-state index contributed by atoms with van der Waals surface area (Å²) in [6.07, 6.45) is 21.2. The van der Waals surface area contributed by atoms with E-state index >= 15 is 0 Å². The van der Waals surface area contributed by atoms with Crippen molar-refractivity contribution in [1.29, 1.82) is 0 Å². The molecule has 0 bridgehead atoms. The summed E-state index contributed by atoms with van der Waals surface area (Å²) in [5.41, 5.74) is 0.771. The molecule has 37 heavy (non-hydrogen) atoms. The summed E-state index contributed by atoms with van der Waals surface area (Å²) < 4.78 is 85.8. The van der Waals surface area contributed by atoms with Gasteiger partial charge in [-0.15, -0.1) is 0 Å². The smallest absolute Gasteiger partial charge is 0.359 e. The minimum absolute atomic E-state index is 0.0510. The zero-order valence-corrected chi connectivity index (χ0v) is 21.8. The lowest BCUT2D eigenvalue weighted by molar-refractivity contribution is -0.696. The van der Waals surface area contributed by atoms with E-state index in [9.17, 15) is 26.3 Å². The Balaban J connectivity index is 1.39. The van der Waals surface area contributed by atoms with Crippen molar-refractivity contribution in [3.8, 4) is 5.69 Å². The zero-order chi connectivity index (χ0) is 26.9. The summed E-state index contributed by atoms with van der Waals surface area (Å²) in [6.45, 7) is 0.201. The minimum atomic E-state index is -5.37. The number of aromatic nitrogens is 2. The molecule has 0 saturated carbocycles.